The van der Waals surface area contributed by atoms with Crippen LogP contribution < -0.4 is 0 Å². The quantitative estimate of drug-likeness (QED) is 0.788. The van der Waals surface area contributed by atoms with Crippen molar-refractivity contribution in [2.75, 3.05) is 26.2 Å². The zero-order chi connectivity index (χ0) is 19.2. The van der Waals surface area contributed by atoms with Crippen LogP contribution in [0.5, 0.6) is 0 Å². The normalized spacial score (nSPS) is 14.3. The summed E-state index contributed by atoms with van der Waals surface area (Å²) >= 11 is 6.12. The highest BCUT2D eigenvalue weighted by molar-refractivity contribution is 6.31. The van der Waals surface area contributed by atoms with Crippen molar-refractivity contribution in [3.05, 3.63) is 70.5 Å². The molecule has 27 heavy (non-hydrogen) atoms. The fraction of sp³-hybridized carbons (Fsp3) is 0.333. The number of piperazine rings is 1. The van der Waals surface area contributed by atoms with Gasteiger partial charge in [0.1, 0.15) is 5.82 Å². The van der Waals surface area contributed by atoms with E-state index in [2.05, 4.69) is 0 Å². The first-order valence-electron chi connectivity index (χ1n) is 9.07. The molecule has 0 atom stereocenters. The summed E-state index contributed by atoms with van der Waals surface area (Å²) in [7, 11) is 0. The maximum Gasteiger partial charge on any atom is 0.227 e. The van der Waals surface area contributed by atoms with E-state index in [0.717, 1.165) is 5.56 Å². The van der Waals surface area contributed by atoms with Gasteiger partial charge in [-0.05, 0) is 29.7 Å². The lowest BCUT2D eigenvalue weighted by atomic mass is 10.1. The molecule has 0 aliphatic carbocycles. The molecule has 2 aromatic rings. The van der Waals surface area contributed by atoms with Crippen LogP contribution in [0.15, 0.2) is 48.5 Å². The summed E-state index contributed by atoms with van der Waals surface area (Å²) < 4.78 is 13.7. The van der Waals surface area contributed by atoms with Crippen molar-refractivity contribution >= 4 is 23.4 Å². The Morgan fingerprint density at radius 2 is 1.41 bits per heavy atom. The minimum atomic E-state index is -0.278. The summed E-state index contributed by atoms with van der Waals surface area (Å²) in [5, 5.41) is 0.591. The molecule has 1 saturated heterocycles. The van der Waals surface area contributed by atoms with E-state index in [1.54, 1.807) is 34.1 Å². The molecule has 1 fully saturated rings. The van der Waals surface area contributed by atoms with E-state index < -0.39 is 0 Å². The summed E-state index contributed by atoms with van der Waals surface area (Å²) in [5.41, 5.74) is 1.37. The number of aryl methyl sites for hydroxylation is 1. The number of carbonyl (C=O) groups is 2. The Hall–Kier alpha value is -2.40. The lowest BCUT2D eigenvalue weighted by Gasteiger charge is -2.35. The molecule has 0 aromatic heterocycles. The van der Waals surface area contributed by atoms with Crippen LogP contribution in [0, 0.1) is 5.82 Å². The van der Waals surface area contributed by atoms with E-state index in [1.165, 1.54) is 6.07 Å². The number of amides is 2. The van der Waals surface area contributed by atoms with Crippen molar-refractivity contribution in [1.82, 2.24) is 9.80 Å². The maximum absolute atomic E-state index is 13.7. The van der Waals surface area contributed by atoms with E-state index >= 15 is 0 Å². The van der Waals surface area contributed by atoms with Crippen molar-refractivity contribution in [2.24, 2.45) is 0 Å². The first kappa shape index (κ1) is 19.4. The SMILES string of the molecule is O=C(CCc1ccccc1F)N1CCN(C(=O)Cc2ccccc2Cl)CC1. The Labute approximate surface area is 163 Å². The van der Waals surface area contributed by atoms with Gasteiger partial charge in [-0.2, -0.15) is 0 Å². The summed E-state index contributed by atoms with van der Waals surface area (Å²) in [6.07, 6.45) is 0.923. The van der Waals surface area contributed by atoms with Gasteiger partial charge >= 0.3 is 0 Å². The Balaban J connectivity index is 1.47. The monoisotopic (exact) mass is 388 g/mol. The molecule has 0 unspecified atom stereocenters. The largest absolute Gasteiger partial charge is 0.339 e. The molecule has 3 rings (SSSR count). The van der Waals surface area contributed by atoms with E-state index in [9.17, 15) is 14.0 Å². The second-order valence-corrected chi connectivity index (χ2v) is 7.03. The molecule has 0 N–H and O–H groups in total. The summed E-state index contributed by atoms with van der Waals surface area (Å²) in [5.74, 6) is -0.265. The number of benzene rings is 2. The number of hydrogen-bond donors (Lipinski definition) is 0. The lowest BCUT2D eigenvalue weighted by Crippen LogP contribution is -2.51. The predicted molar refractivity (Wildman–Crippen MR) is 103 cm³/mol. The van der Waals surface area contributed by atoms with E-state index in [4.69, 9.17) is 11.6 Å². The Morgan fingerprint density at radius 1 is 0.852 bits per heavy atom. The second-order valence-electron chi connectivity index (χ2n) is 6.62. The van der Waals surface area contributed by atoms with Gasteiger partial charge in [0.2, 0.25) is 11.8 Å². The minimum absolute atomic E-state index is 0.00328. The van der Waals surface area contributed by atoms with E-state index in [-0.39, 0.29) is 30.5 Å². The highest BCUT2D eigenvalue weighted by Gasteiger charge is 2.24. The van der Waals surface area contributed by atoms with Crippen molar-refractivity contribution in [3.8, 4) is 0 Å². The Kier molecular flexibility index (Phi) is 6.45. The highest BCUT2D eigenvalue weighted by atomic mass is 35.5. The van der Waals surface area contributed by atoms with Crippen molar-refractivity contribution < 1.29 is 14.0 Å². The van der Waals surface area contributed by atoms with Crippen molar-refractivity contribution in [3.63, 3.8) is 0 Å². The molecular formula is C21H22ClFN2O2. The van der Waals surface area contributed by atoms with Gasteiger partial charge in [-0.3, -0.25) is 9.59 Å². The number of hydrogen-bond acceptors (Lipinski definition) is 2. The summed E-state index contributed by atoms with van der Waals surface area (Å²) in [6, 6.07) is 13.8. The van der Waals surface area contributed by atoms with Gasteiger partial charge in [0.25, 0.3) is 0 Å². The standard InChI is InChI=1S/C21H22ClFN2O2/c22-18-7-3-1-6-17(18)15-21(27)25-13-11-24(12-14-25)20(26)10-9-16-5-2-4-8-19(16)23/h1-8H,9-15H2. The van der Waals surface area contributed by atoms with Crippen LogP contribution >= 0.6 is 11.6 Å². The van der Waals surface area contributed by atoms with Gasteiger partial charge in [-0.25, -0.2) is 4.39 Å². The fourth-order valence-electron chi connectivity index (χ4n) is 3.22. The van der Waals surface area contributed by atoms with Crippen LogP contribution in [0.25, 0.3) is 0 Å². The Morgan fingerprint density at radius 3 is 2.04 bits per heavy atom. The molecule has 0 spiro atoms. The number of rotatable bonds is 5. The molecule has 0 bridgehead atoms. The topological polar surface area (TPSA) is 40.6 Å². The van der Waals surface area contributed by atoms with E-state index in [1.807, 2.05) is 18.2 Å². The van der Waals surface area contributed by atoms with Gasteiger partial charge in [-0.15, -0.1) is 0 Å². The van der Waals surface area contributed by atoms with Gasteiger partial charge in [0, 0.05) is 37.6 Å². The van der Waals surface area contributed by atoms with Crippen molar-refractivity contribution in [1.29, 1.82) is 0 Å². The van der Waals surface area contributed by atoms with E-state index in [0.29, 0.717) is 43.2 Å². The van der Waals surface area contributed by atoms with Crippen LogP contribution in [-0.4, -0.2) is 47.8 Å². The highest BCUT2D eigenvalue weighted by Crippen LogP contribution is 2.17. The van der Waals surface area contributed by atoms with Gasteiger partial charge in [0.05, 0.1) is 6.42 Å². The molecule has 0 saturated carbocycles. The molecule has 1 aliphatic rings. The number of nitrogens with zero attached hydrogens (tertiary/aromatic N) is 2. The molecular weight excluding hydrogens is 367 g/mol. The van der Waals surface area contributed by atoms with Gasteiger partial charge in [0.15, 0.2) is 0 Å². The summed E-state index contributed by atoms with van der Waals surface area (Å²) in [6.45, 7) is 2.03. The molecule has 0 radical (unpaired) electrons. The molecule has 2 aromatic carbocycles. The zero-order valence-electron chi connectivity index (χ0n) is 15.0. The van der Waals surface area contributed by atoms with Crippen LogP contribution in [-0.2, 0) is 22.4 Å². The van der Waals surface area contributed by atoms with Crippen LogP contribution in [0.3, 0.4) is 0 Å². The van der Waals surface area contributed by atoms with Gasteiger partial charge < -0.3 is 9.80 Å². The predicted octanol–water partition coefficient (Wildman–Crippen LogP) is 3.33. The summed E-state index contributed by atoms with van der Waals surface area (Å²) in [4.78, 5) is 28.4. The third-order valence-electron chi connectivity index (χ3n) is 4.85. The van der Waals surface area contributed by atoms with Crippen molar-refractivity contribution in [2.45, 2.75) is 19.3 Å². The second kappa shape index (κ2) is 9.00. The third kappa shape index (κ3) is 5.07. The molecule has 1 heterocycles. The molecule has 2 amide bonds. The number of carbonyl (C=O) groups excluding carboxylic acids is 2. The molecule has 6 heteroatoms. The maximum atomic E-state index is 13.7. The average Bonchev–Trinajstić information content (AvgIpc) is 2.69. The first-order chi connectivity index (χ1) is 13.0. The molecule has 4 nitrogen and oxygen atoms in total. The van der Waals surface area contributed by atoms with Crippen LogP contribution in [0.1, 0.15) is 17.5 Å². The number of halogens is 2. The third-order valence-corrected chi connectivity index (χ3v) is 5.22. The zero-order valence-corrected chi connectivity index (χ0v) is 15.8. The smallest absolute Gasteiger partial charge is 0.227 e. The van der Waals surface area contributed by atoms with Crippen LogP contribution in [0.2, 0.25) is 5.02 Å². The lowest BCUT2D eigenvalue weighted by molar-refractivity contribution is -0.139. The van der Waals surface area contributed by atoms with Gasteiger partial charge in [-0.1, -0.05) is 48.0 Å². The fourth-order valence-corrected chi connectivity index (χ4v) is 3.43. The first-order valence-corrected chi connectivity index (χ1v) is 9.45. The Bertz CT molecular complexity index is 819. The molecule has 1 aliphatic heterocycles. The average molecular weight is 389 g/mol. The molecule has 142 valence electrons. The van der Waals surface area contributed by atoms with Crippen LogP contribution in [0.4, 0.5) is 4.39 Å². The minimum Gasteiger partial charge on any atom is -0.339 e.